The molecule has 20 heavy (non-hydrogen) atoms. The molecule has 106 valence electrons. The number of esters is 1. The van der Waals surface area contributed by atoms with Gasteiger partial charge in [0.2, 0.25) is 0 Å². The number of nitrogens with zero attached hydrogens (tertiary/aromatic N) is 2. The predicted octanol–water partition coefficient (Wildman–Crippen LogP) is 1.85. The number of carbonyl (C=O) groups excluding carboxylic acids is 1. The van der Waals surface area contributed by atoms with E-state index in [1.165, 1.54) is 12.1 Å². The fraction of sp³-hybridized carbons (Fsp3) is 0.286. The number of aryl methyl sites for hydroxylation is 2. The lowest BCUT2D eigenvalue weighted by Crippen LogP contribution is -2.11. The van der Waals surface area contributed by atoms with Crippen LogP contribution < -0.4 is 5.73 Å². The van der Waals surface area contributed by atoms with Gasteiger partial charge in [-0.3, -0.25) is 4.68 Å². The number of halogens is 1. The predicted molar refractivity (Wildman–Crippen MR) is 72.7 cm³/mol. The second-order valence-corrected chi connectivity index (χ2v) is 4.61. The van der Waals surface area contributed by atoms with E-state index in [0.29, 0.717) is 17.7 Å². The molecule has 0 aliphatic carbocycles. The van der Waals surface area contributed by atoms with Gasteiger partial charge in [0.05, 0.1) is 18.4 Å². The van der Waals surface area contributed by atoms with Crippen molar-refractivity contribution in [2.75, 3.05) is 12.3 Å². The summed E-state index contributed by atoms with van der Waals surface area (Å²) in [5.41, 5.74) is 7.08. The maximum Gasteiger partial charge on any atom is 0.341 e. The molecule has 1 aromatic carbocycles. The van der Waals surface area contributed by atoms with Crippen LogP contribution in [0.2, 0.25) is 0 Å². The van der Waals surface area contributed by atoms with Gasteiger partial charge < -0.3 is 10.5 Å². The SMILES string of the molecule is Cc1cc(N)cc(C(=O)OCCc2cnn(C)c2)c1F. The number of nitrogen functional groups attached to an aromatic ring is 1. The molecule has 6 heteroatoms. The highest BCUT2D eigenvalue weighted by molar-refractivity contribution is 5.91. The van der Waals surface area contributed by atoms with Crippen LogP contribution in [0.1, 0.15) is 21.5 Å². The number of carbonyl (C=O) groups is 1. The topological polar surface area (TPSA) is 70.1 Å². The van der Waals surface area contributed by atoms with Gasteiger partial charge in [-0.1, -0.05) is 0 Å². The molecule has 0 atom stereocenters. The van der Waals surface area contributed by atoms with Crippen LogP contribution in [0.4, 0.5) is 10.1 Å². The van der Waals surface area contributed by atoms with Crippen LogP contribution in [0, 0.1) is 12.7 Å². The smallest absolute Gasteiger partial charge is 0.341 e. The fourth-order valence-corrected chi connectivity index (χ4v) is 1.89. The summed E-state index contributed by atoms with van der Waals surface area (Å²) in [6.45, 7) is 1.72. The average molecular weight is 277 g/mol. The first-order valence-electron chi connectivity index (χ1n) is 6.17. The van der Waals surface area contributed by atoms with Gasteiger partial charge in [0, 0.05) is 25.4 Å². The minimum Gasteiger partial charge on any atom is -0.462 e. The summed E-state index contributed by atoms with van der Waals surface area (Å²) in [4.78, 5) is 11.8. The second kappa shape index (κ2) is 5.73. The van der Waals surface area contributed by atoms with Crippen molar-refractivity contribution in [2.45, 2.75) is 13.3 Å². The molecule has 0 aliphatic heterocycles. The first-order chi connectivity index (χ1) is 9.47. The maximum atomic E-state index is 13.8. The second-order valence-electron chi connectivity index (χ2n) is 4.61. The number of benzene rings is 1. The normalized spacial score (nSPS) is 10.6. The summed E-state index contributed by atoms with van der Waals surface area (Å²) >= 11 is 0. The molecular formula is C14H16FN3O2. The molecule has 5 nitrogen and oxygen atoms in total. The largest absolute Gasteiger partial charge is 0.462 e. The molecule has 0 spiro atoms. The highest BCUT2D eigenvalue weighted by Gasteiger charge is 2.16. The monoisotopic (exact) mass is 277 g/mol. The Morgan fingerprint density at radius 1 is 1.50 bits per heavy atom. The highest BCUT2D eigenvalue weighted by atomic mass is 19.1. The number of rotatable bonds is 4. The summed E-state index contributed by atoms with van der Waals surface area (Å²) in [7, 11) is 1.81. The fourth-order valence-electron chi connectivity index (χ4n) is 1.89. The third-order valence-corrected chi connectivity index (χ3v) is 2.88. The summed E-state index contributed by atoms with van der Waals surface area (Å²) in [5.74, 6) is -1.30. The zero-order chi connectivity index (χ0) is 14.7. The number of aromatic nitrogens is 2. The van der Waals surface area contributed by atoms with E-state index in [0.717, 1.165) is 5.56 Å². The molecule has 0 bridgehead atoms. The summed E-state index contributed by atoms with van der Waals surface area (Å²) < 4.78 is 20.5. The van der Waals surface area contributed by atoms with Gasteiger partial charge in [0.25, 0.3) is 0 Å². The van der Waals surface area contributed by atoms with Crippen LogP contribution in [-0.4, -0.2) is 22.4 Å². The lowest BCUT2D eigenvalue weighted by atomic mass is 10.1. The Morgan fingerprint density at radius 3 is 2.90 bits per heavy atom. The van der Waals surface area contributed by atoms with Gasteiger partial charge in [-0.05, 0) is 30.2 Å². The summed E-state index contributed by atoms with van der Waals surface area (Å²) in [6, 6.07) is 2.76. The Balaban J connectivity index is 1.98. The minimum absolute atomic E-state index is 0.131. The van der Waals surface area contributed by atoms with Gasteiger partial charge in [-0.2, -0.15) is 5.10 Å². The zero-order valence-electron chi connectivity index (χ0n) is 11.4. The van der Waals surface area contributed by atoms with E-state index < -0.39 is 11.8 Å². The Kier molecular flexibility index (Phi) is 4.02. The van der Waals surface area contributed by atoms with E-state index in [9.17, 15) is 9.18 Å². The van der Waals surface area contributed by atoms with Crippen LogP contribution in [0.15, 0.2) is 24.5 Å². The maximum absolute atomic E-state index is 13.8. The number of ether oxygens (including phenoxy) is 1. The highest BCUT2D eigenvalue weighted by Crippen LogP contribution is 2.18. The van der Waals surface area contributed by atoms with Gasteiger partial charge in [0.1, 0.15) is 5.82 Å². The first kappa shape index (κ1) is 14.0. The van der Waals surface area contributed by atoms with Crippen LogP contribution >= 0.6 is 0 Å². The Labute approximate surface area is 116 Å². The van der Waals surface area contributed by atoms with Crippen molar-refractivity contribution in [3.8, 4) is 0 Å². The average Bonchev–Trinajstić information content (AvgIpc) is 2.79. The number of nitrogens with two attached hydrogens (primary N) is 1. The molecule has 1 aromatic heterocycles. The standard InChI is InChI=1S/C14H16FN3O2/c1-9-5-11(16)6-12(13(9)15)14(19)20-4-3-10-7-17-18(2)8-10/h5-8H,3-4,16H2,1-2H3. The molecule has 2 N–H and O–H groups in total. The van der Waals surface area contributed by atoms with Crippen molar-refractivity contribution in [3.05, 3.63) is 47.0 Å². The van der Waals surface area contributed by atoms with Crippen molar-refractivity contribution in [1.82, 2.24) is 9.78 Å². The van der Waals surface area contributed by atoms with Gasteiger partial charge >= 0.3 is 5.97 Å². The minimum atomic E-state index is -0.707. The van der Waals surface area contributed by atoms with Crippen LogP contribution in [0.3, 0.4) is 0 Å². The van der Waals surface area contributed by atoms with Crippen LogP contribution in [0.5, 0.6) is 0 Å². The zero-order valence-corrected chi connectivity index (χ0v) is 11.4. The third-order valence-electron chi connectivity index (χ3n) is 2.88. The molecule has 0 unspecified atom stereocenters. The molecule has 0 aliphatic rings. The van der Waals surface area contributed by atoms with Gasteiger partial charge in [0.15, 0.2) is 0 Å². The van der Waals surface area contributed by atoms with Crippen molar-refractivity contribution in [1.29, 1.82) is 0 Å². The Hall–Kier alpha value is -2.37. The van der Waals surface area contributed by atoms with Crippen molar-refractivity contribution in [3.63, 3.8) is 0 Å². The summed E-state index contributed by atoms with van der Waals surface area (Å²) in [5, 5.41) is 4.01. The lowest BCUT2D eigenvalue weighted by Gasteiger charge is -2.07. The van der Waals surface area contributed by atoms with E-state index in [1.54, 1.807) is 24.9 Å². The van der Waals surface area contributed by atoms with Crippen molar-refractivity contribution in [2.24, 2.45) is 7.05 Å². The molecule has 2 rings (SSSR count). The Morgan fingerprint density at radius 2 is 2.25 bits per heavy atom. The molecule has 1 heterocycles. The molecule has 0 radical (unpaired) electrons. The molecule has 0 fully saturated rings. The molecule has 2 aromatic rings. The number of hydrogen-bond acceptors (Lipinski definition) is 4. The molecule has 0 saturated carbocycles. The van der Waals surface area contributed by atoms with E-state index in [2.05, 4.69) is 5.10 Å². The third kappa shape index (κ3) is 3.14. The van der Waals surface area contributed by atoms with Crippen molar-refractivity contribution < 1.29 is 13.9 Å². The Bertz CT molecular complexity index is 637. The van der Waals surface area contributed by atoms with Crippen LogP contribution in [0.25, 0.3) is 0 Å². The molecule has 0 amide bonds. The van der Waals surface area contributed by atoms with E-state index in [1.807, 2.05) is 6.20 Å². The lowest BCUT2D eigenvalue weighted by molar-refractivity contribution is 0.0504. The van der Waals surface area contributed by atoms with E-state index in [-0.39, 0.29) is 12.2 Å². The van der Waals surface area contributed by atoms with Gasteiger partial charge in [-0.15, -0.1) is 0 Å². The van der Waals surface area contributed by atoms with E-state index >= 15 is 0 Å². The molecular weight excluding hydrogens is 261 g/mol. The molecule has 0 saturated heterocycles. The van der Waals surface area contributed by atoms with Crippen LogP contribution in [-0.2, 0) is 18.2 Å². The van der Waals surface area contributed by atoms with Crippen molar-refractivity contribution >= 4 is 11.7 Å². The first-order valence-corrected chi connectivity index (χ1v) is 6.17. The number of anilines is 1. The van der Waals surface area contributed by atoms with E-state index in [4.69, 9.17) is 10.5 Å². The summed E-state index contributed by atoms with van der Waals surface area (Å²) in [6.07, 6.45) is 4.06. The number of hydrogen-bond donors (Lipinski definition) is 1. The quantitative estimate of drug-likeness (QED) is 0.684. The van der Waals surface area contributed by atoms with Gasteiger partial charge in [-0.25, -0.2) is 9.18 Å².